The zero-order valence-electron chi connectivity index (χ0n) is 15.5. The molecular formula is C20H27N3O3. The van der Waals surface area contributed by atoms with Gasteiger partial charge in [0.05, 0.1) is 12.5 Å². The Morgan fingerprint density at radius 1 is 1.31 bits per heavy atom. The summed E-state index contributed by atoms with van der Waals surface area (Å²) in [6.45, 7) is 4.61. The van der Waals surface area contributed by atoms with E-state index in [0.29, 0.717) is 19.6 Å². The molecule has 0 saturated carbocycles. The maximum Gasteiger partial charge on any atom is 0.229 e. The molecule has 1 unspecified atom stereocenters. The molecule has 26 heavy (non-hydrogen) atoms. The van der Waals surface area contributed by atoms with Gasteiger partial charge in [0.15, 0.2) is 0 Å². The molecule has 6 heteroatoms. The van der Waals surface area contributed by atoms with Gasteiger partial charge in [0, 0.05) is 56.0 Å². The summed E-state index contributed by atoms with van der Waals surface area (Å²) < 4.78 is 7.27. The summed E-state index contributed by atoms with van der Waals surface area (Å²) in [4.78, 5) is 26.3. The Morgan fingerprint density at radius 3 is 2.92 bits per heavy atom. The monoisotopic (exact) mass is 357 g/mol. The van der Waals surface area contributed by atoms with Crippen LogP contribution in [0.15, 0.2) is 30.5 Å². The predicted octanol–water partition coefficient (Wildman–Crippen LogP) is 2.87. The molecule has 1 fully saturated rings. The van der Waals surface area contributed by atoms with E-state index in [2.05, 4.69) is 9.88 Å². The smallest absolute Gasteiger partial charge is 0.229 e. The molecule has 3 rings (SSSR count). The number of ether oxygens (including phenoxy) is 1. The second-order valence-corrected chi connectivity index (χ2v) is 6.80. The number of carbonyl (C=O) groups is 2. The van der Waals surface area contributed by atoms with E-state index in [1.54, 1.807) is 7.11 Å². The third kappa shape index (κ3) is 4.07. The van der Waals surface area contributed by atoms with Crippen LogP contribution in [0, 0.1) is 5.92 Å². The lowest BCUT2D eigenvalue weighted by atomic mass is 9.96. The van der Waals surface area contributed by atoms with E-state index in [0.717, 1.165) is 42.5 Å². The van der Waals surface area contributed by atoms with Gasteiger partial charge in [-0.1, -0.05) is 6.92 Å². The lowest BCUT2D eigenvalue weighted by Gasteiger charge is -2.31. The Morgan fingerprint density at radius 2 is 2.15 bits per heavy atom. The number of hydrogen-bond donors (Lipinski definition) is 1. The fourth-order valence-electron chi connectivity index (χ4n) is 3.55. The topological polar surface area (TPSA) is 63.6 Å². The lowest BCUT2D eigenvalue weighted by molar-refractivity contribution is -0.134. The highest BCUT2D eigenvalue weighted by Crippen LogP contribution is 2.23. The first-order valence-electron chi connectivity index (χ1n) is 9.29. The molecule has 6 nitrogen and oxygen atoms in total. The molecule has 0 bridgehead atoms. The number of likely N-dealkylation sites (tertiary alicyclic amines) is 1. The zero-order chi connectivity index (χ0) is 18.5. The fraction of sp³-hybridized carbons (Fsp3) is 0.500. The van der Waals surface area contributed by atoms with Crippen LogP contribution in [-0.4, -0.2) is 48.1 Å². The Hall–Kier alpha value is -2.34. The SMILES string of the molecule is CCC(=O)N1CCCC(C(=O)Nc2ccc3c(ccn3CCOC)c2)C1. The van der Waals surface area contributed by atoms with Crippen molar-refractivity contribution in [1.82, 2.24) is 9.47 Å². The zero-order valence-corrected chi connectivity index (χ0v) is 15.5. The summed E-state index contributed by atoms with van der Waals surface area (Å²) in [6, 6.07) is 7.99. The normalized spacial score (nSPS) is 17.5. The number of nitrogens with one attached hydrogen (secondary N) is 1. The summed E-state index contributed by atoms with van der Waals surface area (Å²) in [6.07, 6.45) is 4.23. The van der Waals surface area contributed by atoms with Crippen molar-refractivity contribution in [3.63, 3.8) is 0 Å². The predicted molar refractivity (Wildman–Crippen MR) is 102 cm³/mol. The quantitative estimate of drug-likeness (QED) is 0.865. The minimum Gasteiger partial charge on any atom is -0.383 e. The molecular weight excluding hydrogens is 330 g/mol. The molecule has 2 aromatic rings. The number of hydrogen-bond acceptors (Lipinski definition) is 3. The van der Waals surface area contributed by atoms with Gasteiger partial charge in [-0.3, -0.25) is 9.59 Å². The minimum atomic E-state index is -0.138. The maximum absolute atomic E-state index is 12.6. The summed E-state index contributed by atoms with van der Waals surface area (Å²) in [5.74, 6) is -0.0145. The van der Waals surface area contributed by atoms with E-state index in [1.807, 2.05) is 42.3 Å². The van der Waals surface area contributed by atoms with Crippen LogP contribution in [0.4, 0.5) is 5.69 Å². The number of amides is 2. The van der Waals surface area contributed by atoms with Gasteiger partial charge >= 0.3 is 0 Å². The maximum atomic E-state index is 12.6. The van der Waals surface area contributed by atoms with Crippen LogP contribution >= 0.6 is 0 Å². The second-order valence-electron chi connectivity index (χ2n) is 6.80. The van der Waals surface area contributed by atoms with Crippen LogP contribution < -0.4 is 5.32 Å². The number of rotatable bonds is 6. The van der Waals surface area contributed by atoms with Crippen molar-refractivity contribution in [2.24, 2.45) is 5.92 Å². The van der Waals surface area contributed by atoms with Crippen LogP contribution in [-0.2, 0) is 20.9 Å². The van der Waals surface area contributed by atoms with Crippen LogP contribution in [0.2, 0.25) is 0 Å². The van der Waals surface area contributed by atoms with Gasteiger partial charge in [0.2, 0.25) is 11.8 Å². The van der Waals surface area contributed by atoms with Crippen LogP contribution in [0.1, 0.15) is 26.2 Å². The molecule has 1 saturated heterocycles. The van der Waals surface area contributed by atoms with E-state index in [1.165, 1.54) is 0 Å². The number of methoxy groups -OCH3 is 1. The Balaban J connectivity index is 1.66. The minimum absolute atomic E-state index is 0.00299. The third-order valence-electron chi connectivity index (χ3n) is 5.02. The van der Waals surface area contributed by atoms with Gasteiger partial charge in [-0.2, -0.15) is 0 Å². The number of fused-ring (bicyclic) bond motifs is 1. The molecule has 1 aliphatic rings. The first-order chi connectivity index (χ1) is 12.6. The molecule has 0 spiro atoms. The van der Waals surface area contributed by atoms with Crippen molar-refractivity contribution >= 4 is 28.4 Å². The van der Waals surface area contributed by atoms with Crippen LogP contribution in [0.3, 0.4) is 0 Å². The van der Waals surface area contributed by atoms with E-state index >= 15 is 0 Å². The van der Waals surface area contributed by atoms with E-state index in [-0.39, 0.29) is 17.7 Å². The largest absolute Gasteiger partial charge is 0.383 e. The third-order valence-corrected chi connectivity index (χ3v) is 5.02. The standard InChI is InChI=1S/C20H27N3O3/c1-3-19(24)23-9-4-5-16(14-23)20(25)21-17-6-7-18-15(13-17)8-10-22(18)11-12-26-2/h6-8,10,13,16H,3-5,9,11-12,14H2,1-2H3,(H,21,25). The van der Waals surface area contributed by atoms with Crippen molar-refractivity contribution in [3.05, 3.63) is 30.5 Å². The number of carbonyl (C=O) groups excluding carboxylic acids is 2. The van der Waals surface area contributed by atoms with Gasteiger partial charge in [-0.05, 0) is 37.1 Å². The Labute approximate surface area is 154 Å². The van der Waals surface area contributed by atoms with Crippen molar-refractivity contribution in [2.45, 2.75) is 32.7 Å². The number of benzene rings is 1. The molecule has 1 aromatic carbocycles. The molecule has 2 amide bonds. The first-order valence-corrected chi connectivity index (χ1v) is 9.29. The van der Waals surface area contributed by atoms with E-state index in [9.17, 15) is 9.59 Å². The highest BCUT2D eigenvalue weighted by atomic mass is 16.5. The number of aromatic nitrogens is 1. The van der Waals surface area contributed by atoms with Crippen LogP contribution in [0.25, 0.3) is 10.9 Å². The van der Waals surface area contributed by atoms with Crippen LogP contribution in [0.5, 0.6) is 0 Å². The van der Waals surface area contributed by atoms with Gasteiger partial charge in [0.1, 0.15) is 0 Å². The summed E-state index contributed by atoms with van der Waals surface area (Å²) in [5, 5.41) is 4.11. The first kappa shape index (κ1) is 18.5. The lowest BCUT2D eigenvalue weighted by Crippen LogP contribution is -2.43. The number of anilines is 1. The summed E-state index contributed by atoms with van der Waals surface area (Å²) in [5.41, 5.74) is 1.92. The average Bonchev–Trinajstić information content (AvgIpc) is 3.08. The van der Waals surface area contributed by atoms with Gasteiger partial charge in [-0.25, -0.2) is 0 Å². The number of piperidine rings is 1. The average molecular weight is 357 g/mol. The number of nitrogens with zero attached hydrogens (tertiary/aromatic N) is 2. The fourth-order valence-corrected chi connectivity index (χ4v) is 3.55. The highest BCUT2D eigenvalue weighted by molar-refractivity contribution is 5.95. The molecule has 0 radical (unpaired) electrons. The van der Waals surface area contributed by atoms with Crippen molar-refractivity contribution < 1.29 is 14.3 Å². The second kappa shape index (κ2) is 8.36. The highest BCUT2D eigenvalue weighted by Gasteiger charge is 2.27. The molecule has 0 aliphatic carbocycles. The van der Waals surface area contributed by atoms with Crippen molar-refractivity contribution in [3.8, 4) is 0 Å². The molecule has 2 heterocycles. The molecule has 1 aliphatic heterocycles. The molecule has 1 N–H and O–H groups in total. The Bertz CT molecular complexity index is 784. The van der Waals surface area contributed by atoms with Crippen molar-refractivity contribution in [2.75, 3.05) is 32.1 Å². The summed E-state index contributed by atoms with van der Waals surface area (Å²) >= 11 is 0. The molecule has 1 aromatic heterocycles. The van der Waals surface area contributed by atoms with Gasteiger partial charge in [-0.15, -0.1) is 0 Å². The van der Waals surface area contributed by atoms with Gasteiger partial charge in [0.25, 0.3) is 0 Å². The van der Waals surface area contributed by atoms with E-state index < -0.39 is 0 Å². The molecule has 1 atom stereocenters. The van der Waals surface area contributed by atoms with Crippen molar-refractivity contribution in [1.29, 1.82) is 0 Å². The van der Waals surface area contributed by atoms with Gasteiger partial charge < -0.3 is 19.5 Å². The molecule has 140 valence electrons. The summed E-state index contributed by atoms with van der Waals surface area (Å²) in [7, 11) is 1.69. The Kier molecular flexibility index (Phi) is 5.93. The van der Waals surface area contributed by atoms with E-state index in [4.69, 9.17) is 4.74 Å².